The molecule has 0 aromatic heterocycles. The molecule has 2 heterocycles. The third kappa shape index (κ3) is 7.15. The second-order valence-corrected chi connectivity index (χ2v) is 5.92. The van der Waals surface area contributed by atoms with Crippen LogP contribution in [0.25, 0.3) is 0 Å². The fourth-order valence-corrected chi connectivity index (χ4v) is 2.88. The van der Waals surface area contributed by atoms with Gasteiger partial charge in [-0.1, -0.05) is 0 Å². The van der Waals surface area contributed by atoms with Gasteiger partial charge in [-0.3, -0.25) is 9.69 Å². The first kappa shape index (κ1) is 20.9. The summed E-state index contributed by atoms with van der Waals surface area (Å²) in [5.41, 5.74) is 5.68. The zero-order chi connectivity index (χ0) is 13.7. The van der Waals surface area contributed by atoms with E-state index in [0.29, 0.717) is 6.42 Å². The molecular weight excluding hydrogens is 313 g/mol. The second kappa shape index (κ2) is 10.6. The first-order chi connectivity index (χ1) is 9.15. The van der Waals surface area contributed by atoms with Crippen LogP contribution >= 0.6 is 24.8 Å². The molecule has 0 aromatic rings. The topological polar surface area (TPSA) is 58.8 Å². The minimum Gasteiger partial charge on any atom is -0.381 e. The molecule has 2 aliphatic heterocycles. The standard InChI is InChI=1S/C14H27N3O2.2ClH/c1-12(15)10-14(18)17-6-4-16(5-7-17)11-13-2-8-19-9-3-13;;/h12-13H,2-11,15H2,1H3;2*1H. The van der Waals surface area contributed by atoms with Crippen molar-refractivity contribution in [2.24, 2.45) is 11.7 Å². The summed E-state index contributed by atoms with van der Waals surface area (Å²) < 4.78 is 5.39. The largest absolute Gasteiger partial charge is 0.381 e. The van der Waals surface area contributed by atoms with Gasteiger partial charge in [0.1, 0.15) is 0 Å². The number of nitrogens with zero attached hydrogens (tertiary/aromatic N) is 2. The Bertz CT molecular complexity index is 292. The monoisotopic (exact) mass is 341 g/mol. The van der Waals surface area contributed by atoms with Crippen molar-refractivity contribution in [3.8, 4) is 0 Å². The lowest BCUT2D eigenvalue weighted by Crippen LogP contribution is -2.50. The summed E-state index contributed by atoms with van der Waals surface area (Å²) in [6.07, 6.45) is 2.84. The van der Waals surface area contributed by atoms with Gasteiger partial charge in [0.25, 0.3) is 0 Å². The van der Waals surface area contributed by atoms with E-state index in [1.165, 1.54) is 19.4 Å². The zero-order valence-corrected chi connectivity index (χ0v) is 14.5. The van der Waals surface area contributed by atoms with Crippen molar-refractivity contribution < 1.29 is 9.53 Å². The molecule has 0 spiro atoms. The number of amides is 1. The molecule has 0 bridgehead atoms. The molecule has 2 saturated heterocycles. The van der Waals surface area contributed by atoms with Crippen LogP contribution in [0, 0.1) is 5.92 Å². The Balaban J connectivity index is 0.00000200. The van der Waals surface area contributed by atoms with Crippen LogP contribution in [0.4, 0.5) is 0 Å². The van der Waals surface area contributed by atoms with Gasteiger partial charge in [-0.15, -0.1) is 24.8 Å². The van der Waals surface area contributed by atoms with Crippen LogP contribution in [0.15, 0.2) is 0 Å². The third-order valence-corrected chi connectivity index (χ3v) is 4.08. The van der Waals surface area contributed by atoms with E-state index in [-0.39, 0.29) is 36.8 Å². The predicted molar refractivity (Wildman–Crippen MR) is 89.3 cm³/mol. The zero-order valence-electron chi connectivity index (χ0n) is 12.8. The van der Waals surface area contributed by atoms with E-state index in [2.05, 4.69) is 4.90 Å². The van der Waals surface area contributed by atoms with Gasteiger partial charge in [-0.05, 0) is 25.7 Å². The molecule has 0 aromatic carbocycles. The maximum absolute atomic E-state index is 11.9. The van der Waals surface area contributed by atoms with Crippen LogP contribution < -0.4 is 5.73 Å². The lowest BCUT2D eigenvalue weighted by molar-refractivity contribution is -0.133. The Morgan fingerprint density at radius 3 is 2.29 bits per heavy atom. The average Bonchev–Trinajstić information content (AvgIpc) is 2.40. The van der Waals surface area contributed by atoms with E-state index in [1.807, 2.05) is 11.8 Å². The van der Waals surface area contributed by atoms with Crippen LogP contribution in [0.3, 0.4) is 0 Å². The number of carbonyl (C=O) groups excluding carboxylic acids is 1. The molecule has 21 heavy (non-hydrogen) atoms. The third-order valence-electron chi connectivity index (χ3n) is 4.08. The van der Waals surface area contributed by atoms with Crippen molar-refractivity contribution in [3.05, 3.63) is 0 Å². The Morgan fingerprint density at radius 1 is 1.19 bits per heavy atom. The fraction of sp³-hybridized carbons (Fsp3) is 0.929. The van der Waals surface area contributed by atoms with Gasteiger partial charge in [-0.25, -0.2) is 0 Å². The van der Waals surface area contributed by atoms with E-state index in [4.69, 9.17) is 10.5 Å². The van der Waals surface area contributed by atoms with Crippen LogP contribution in [0.2, 0.25) is 0 Å². The average molecular weight is 342 g/mol. The Labute approximate surface area is 140 Å². The smallest absolute Gasteiger partial charge is 0.224 e. The van der Waals surface area contributed by atoms with Crippen LogP contribution in [0.5, 0.6) is 0 Å². The van der Waals surface area contributed by atoms with Gasteiger partial charge in [0.05, 0.1) is 0 Å². The molecule has 1 unspecified atom stereocenters. The van der Waals surface area contributed by atoms with Gasteiger partial charge in [0, 0.05) is 58.4 Å². The number of nitrogens with two attached hydrogens (primary N) is 1. The number of ether oxygens (including phenoxy) is 1. The molecule has 2 N–H and O–H groups in total. The lowest BCUT2D eigenvalue weighted by atomic mass is 9.99. The summed E-state index contributed by atoms with van der Waals surface area (Å²) in [6, 6.07) is -0.0345. The predicted octanol–water partition coefficient (Wildman–Crippen LogP) is 1.14. The van der Waals surface area contributed by atoms with E-state index in [0.717, 1.165) is 45.3 Å². The van der Waals surface area contributed by atoms with E-state index < -0.39 is 0 Å². The van der Waals surface area contributed by atoms with Crippen molar-refractivity contribution in [1.29, 1.82) is 0 Å². The van der Waals surface area contributed by atoms with Gasteiger partial charge in [-0.2, -0.15) is 0 Å². The molecule has 2 aliphatic rings. The minimum absolute atomic E-state index is 0. The number of hydrogen-bond donors (Lipinski definition) is 1. The van der Waals surface area contributed by atoms with E-state index >= 15 is 0 Å². The van der Waals surface area contributed by atoms with Crippen molar-refractivity contribution in [2.45, 2.75) is 32.2 Å². The lowest BCUT2D eigenvalue weighted by Gasteiger charge is -2.37. The summed E-state index contributed by atoms with van der Waals surface area (Å²) in [4.78, 5) is 16.4. The first-order valence-corrected chi connectivity index (χ1v) is 7.48. The molecule has 2 rings (SSSR count). The Hall–Kier alpha value is -0.0700. The van der Waals surface area contributed by atoms with Crippen LogP contribution in [-0.2, 0) is 9.53 Å². The van der Waals surface area contributed by atoms with Gasteiger partial charge in [0.2, 0.25) is 5.91 Å². The minimum atomic E-state index is -0.0345. The molecular formula is C14H29Cl2N3O2. The number of rotatable bonds is 4. The highest BCUT2D eigenvalue weighted by atomic mass is 35.5. The van der Waals surface area contributed by atoms with Gasteiger partial charge < -0.3 is 15.4 Å². The number of piperazine rings is 1. The van der Waals surface area contributed by atoms with Crippen molar-refractivity contribution in [2.75, 3.05) is 45.9 Å². The highest BCUT2D eigenvalue weighted by molar-refractivity contribution is 5.85. The number of hydrogen-bond acceptors (Lipinski definition) is 4. The number of halogens is 2. The van der Waals surface area contributed by atoms with E-state index in [9.17, 15) is 4.79 Å². The highest BCUT2D eigenvalue weighted by Gasteiger charge is 2.24. The van der Waals surface area contributed by atoms with Crippen molar-refractivity contribution in [1.82, 2.24) is 9.80 Å². The maximum atomic E-state index is 11.9. The number of carbonyl (C=O) groups is 1. The van der Waals surface area contributed by atoms with Crippen LogP contribution in [-0.4, -0.2) is 67.7 Å². The summed E-state index contributed by atoms with van der Waals surface area (Å²) in [5, 5.41) is 0. The van der Waals surface area contributed by atoms with Crippen molar-refractivity contribution in [3.63, 3.8) is 0 Å². The Kier molecular flexibility index (Phi) is 10.6. The SMILES string of the molecule is CC(N)CC(=O)N1CCN(CC2CCOCC2)CC1.Cl.Cl. The highest BCUT2D eigenvalue weighted by Crippen LogP contribution is 2.17. The fourth-order valence-electron chi connectivity index (χ4n) is 2.88. The Morgan fingerprint density at radius 2 is 1.76 bits per heavy atom. The molecule has 0 radical (unpaired) electrons. The molecule has 0 saturated carbocycles. The summed E-state index contributed by atoms with van der Waals surface area (Å²) in [5.74, 6) is 0.987. The molecule has 5 nitrogen and oxygen atoms in total. The molecule has 1 atom stereocenters. The summed E-state index contributed by atoms with van der Waals surface area (Å²) in [6.45, 7) is 8.60. The molecule has 126 valence electrons. The maximum Gasteiger partial charge on any atom is 0.224 e. The summed E-state index contributed by atoms with van der Waals surface area (Å²) >= 11 is 0. The molecule has 0 aliphatic carbocycles. The van der Waals surface area contributed by atoms with Crippen LogP contribution in [0.1, 0.15) is 26.2 Å². The molecule has 2 fully saturated rings. The van der Waals surface area contributed by atoms with Gasteiger partial charge in [0.15, 0.2) is 0 Å². The molecule has 1 amide bonds. The normalized spacial score (nSPS) is 22.1. The summed E-state index contributed by atoms with van der Waals surface area (Å²) in [7, 11) is 0. The quantitative estimate of drug-likeness (QED) is 0.832. The first-order valence-electron chi connectivity index (χ1n) is 7.48. The van der Waals surface area contributed by atoms with E-state index in [1.54, 1.807) is 0 Å². The van der Waals surface area contributed by atoms with Gasteiger partial charge >= 0.3 is 0 Å². The second-order valence-electron chi connectivity index (χ2n) is 5.92. The van der Waals surface area contributed by atoms with Crippen molar-refractivity contribution >= 4 is 30.7 Å². The molecule has 7 heteroatoms.